The molecule has 2 aromatic rings. The van der Waals surface area contributed by atoms with E-state index >= 15 is 0 Å². The monoisotopic (exact) mass is 363 g/mol. The molecule has 0 bridgehead atoms. The number of aryl methyl sites for hydroxylation is 1. The Kier molecular flexibility index (Phi) is 4.97. The first-order valence-electron chi connectivity index (χ1n) is 6.82. The summed E-state index contributed by atoms with van der Waals surface area (Å²) in [6.45, 7) is 6.44. The standard InChI is InChI=1S/C15H11F6N3O/c1-9-5-10(23-25-9)7-24(8-14(16,17)18)11-3-4-13(22-2)12(6-11)15(19,20)21/h3-6H,7-8H2,1H3. The molecule has 0 unspecified atom stereocenters. The van der Waals surface area contributed by atoms with Crippen LogP contribution in [0, 0.1) is 13.5 Å². The minimum atomic E-state index is -4.86. The molecule has 0 amide bonds. The van der Waals surface area contributed by atoms with Crippen molar-refractivity contribution >= 4 is 11.4 Å². The summed E-state index contributed by atoms with van der Waals surface area (Å²) in [7, 11) is 0. The Balaban J connectivity index is 2.44. The van der Waals surface area contributed by atoms with Crippen molar-refractivity contribution in [1.29, 1.82) is 0 Å². The zero-order valence-corrected chi connectivity index (χ0v) is 12.7. The van der Waals surface area contributed by atoms with Crippen LogP contribution in [-0.4, -0.2) is 17.9 Å². The van der Waals surface area contributed by atoms with Gasteiger partial charge in [0.05, 0.1) is 18.7 Å². The number of halogens is 6. The van der Waals surface area contributed by atoms with Crippen LogP contribution in [0.5, 0.6) is 0 Å². The Morgan fingerprint density at radius 3 is 2.32 bits per heavy atom. The van der Waals surface area contributed by atoms with Crippen LogP contribution in [0.2, 0.25) is 0 Å². The summed E-state index contributed by atoms with van der Waals surface area (Å²) in [6.07, 6.45) is -9.50. The number of alkyl halides is 6. The van der Waals surface area contributed by atoms with Gasteiger partial charge < -0.3 is 9.42 Å². The molecule has 25 heavy (non-hydrogen) atoms. The lowest BCUT2D eigenvalue weighted by molar-refractivity contribution is -0.136. The molecule has 0 radical (unpaired) electrons. The van der Waals surface area contributed by atoms with E-state index in [0.29, 0.717) is 16.7 Å². The van der Waals surface area contributed by atoms with Gasteiger partial charge in [0.15, 0.2) is 5.69 Å². The molecule has 4 nitrogen and oxygen atoms in total. The van der Waals surface area contributed by atoms with Crippen molar-refractivity contribution in [2.45, 2.75) is 25.8 Å². The SMILES string of the molecule is [C-]#[N+]c1ccc(N(Cc2cc(C)on2)CC(F)(F)F)cc1C(F)(F)F. The number of rotatable bonds is 4. The second kappa shape index (κ2) is 6.66. The van der Waals surface area contributed by atoms with E-state index in [4.69, 9.17) is 11.1 Å². The van der Waals surface area contributed by atoms with Gasteiger partial charge in [-0.15, -0.1) is 0 Å². The summed E-state index contributed by atoms with van der Waals surface area (Å²) < 4.78 is 82.3. The molecule has 0 aliphatic carbocycles. The van der Waals surface area contributed by atoms with Gasteiger partial charge in [-0.05, 0) is 19.1 Å². The molecule has 10 heteroatoms. The topological polar surface area (TPSA) is 33.6 Å². The largest absolute Gasteiger partial charge is 0.407 e. The van der Waals surface area contributed by atoms with Gasteiger partial charge in [-0.1, -0.05) is 11.2 Å². The zero-order valence-electron chi connectivity index (χ0n) is 12.7. The van der Waals surface area contributed by atoms with Gasteiger partial charge in [0.25, 0.3) is 0 Å². The van der Waals surface area contributed by atoms with Gasteiger partial charge in [0, 0.05) is 11.8 Å². The van der Waals surface area contributed by atoms with Gasteiger partial charge in [0.2, 0.25) is 0 Å². The van der Waals surface area contributed by atoms with Crippen molar-refractivity contribution in [3.05, 3.63) is 52.7 Å². The lowest BCUT2D eigenvalue weighted by atomic mass is 10.1. The van der Waals surface area contributed by atoms with Crippen molar-refractivity contribution in [2.24, 2.45) is 0 Å². The minimum absolute atomic E-state index is 0.143. The van der Waals surface area contributed by atoms with E-state index in [1.165, 1.54) is 13.0 Å². The summed E-state index contributed by atoms with van der Waals surface area (Å²) in [5.41, 5.74) is -2.15. The number of aromatic nitrogens is 1. The highest BCUT2D eigenvalue weighted by molar-refractivity contribution is 5.62. The van der Waals surface area contributed by atoms with Crippen LogP contribution < -0.4 is 4.90 Å². The normalized spacial score (nSPS) is 12.1. The first-order valence-corrected chi connectivity index (χ1v) is 6.82. The lowest BCUT2D eigenvalue weighted by Gasteiger charge is -2.26. The van der Waals surface area contributed by atoms with Crippen LogP contribution in [0.15, 0.2) is 28.8 Å². The summed E-state index contributed by atoms with van der Waals surface area (Å²) in [5, 5.41) is 3.56. The number of nitrogens with zero attached hydrogens (tertiary/aromatic N) is 3. The molecule has 0 atom stereocenters. The summed E-state index contributed by atoms with van der Waals surface area (Å²) >= 11 is 0. The van der Waals surface area contributed by atoms with Crippen LogP contribution >= 0.6 is 0 Å². The Morgan fingerprint density at radius 2 is 1.84 bits per heavy atom. The molecule has 1 aromatic heterocycles. The third kappa shape index (κ3) is 4.89. The van der Waals surface area contributed by atoms with Crippen LogP contribution in [0.25, 0.3) is 4.85 Å². The molecule has 1 heterocycles. The van der Waals surface area contributed by atoms with E-state index in [2.05, 4.69) is 10.0 Å². The first-order chi connectivity index (χ1) is 11.5. The molecular formula is C15H11F6N3O. The highest BCUT2D eigenvalue weighted by Crippen LogP contribution is 2.39. The minimum Gasteiger partial charge on any atom is -0.361 e. The number of anilines is 1. The Hall–Kier alpha value is -2.70. The fraction of sp³-hybridized carbons (Fsp3) is 0.333. The van der Waals surface area contributed by atoms with Gasteiger partial charge in [-0.25, -0.2) is 4.85 Å². The molecule has 0 N–H and O–H groups in total. The molecule has 2 rings (SSSR count). The van der Waals surface area contributed by atoms with Crippen molar-refractivity contribution in [2.75, 3.05) is 11.4 Å². The van der Waals surface area contributed by atoms with Crippen LogP contribution in [0.4, 0.5) is 37.7 Å². The Labute approximate surface area is 138 Å². The molecule has 1 aromatic carbocycles. The molecule has 134 valence electrons. The quantitative estimate of drug-likeness (QED) is 0.558. The summed E-state index contributed by atoms with van der Waals surface area (Å²) in [4.78, 5) is 3.46. The number of hydrogen-bond acceptors (Lipinski definition) is 3. The highest BCUT2D eigenvalue weighted by Gasteiger charge is 2.36. The second-order valence-corrected chi connectivity index (χ2v) is 5.21. The predicted octanol–water partition coefficient (Wildman–Crippen LogP) is 5.12. The van der Waals surface area contributed by atoms with E-state index in [0.717, 1.165) is 12.1 Å². The third-order valence-corrected chi connectivity index (χ3v) is 3.17. The van der Waals surface area contributed by atoms with Gasteiger partial charge in [0.1, 0.15) is 18.0 Å². The fourth-order valence-corrected chi connectivity index (χ4v) is 2.19. The average Bonchev–Trinajstić information content (AvgIpc) is 2.89. The lowest BCUT2D eigenvalue weighted by Crippen LogP contribution is -2.34. The molecule has 0 spiro atoms. The summed E-state index contributed by atoms with van der Waals surface area (Å²) in [6, 6.07) is 3.82. The molecule has 0 aliphatic heterocycles. The third-order valence-electron chi connectivity index (χ3n) is 3.17. The molecular weight excluding hydrogens is 352 g/mol. The molecule has 0 saturated heterocycles. The first kappa shape index (κ1) is 18.6. The van der Waals surface area contributed by atoms with Gasteiger partial charge in [-0.3, -0.25) is 0 Å². The van der Waals surface area contributed by atoms with Crippen LogP contribution in [0.3, 0.4) is 0 Å². The van der Waals surface area contributed by atoms with Crippen molar-refractivity contribution in [3.63, 3.8) is 0 Å². The highest BCUT2D eigenvalue weighted by atomic mass is 19.4. The van der Waals surface area contributed by atoms with Crippen molar-refractivity contribution in [3.8, 4) is 0 Å². The van der Waals surface area contributed by atoms with E-state index in [9.17, 15) is 26.3 Å². The molecule has 0 aliphatic rings. The zero-order chi connectivity index (χ0) is 18.8. The number of hydrogen-bond donors (Lipinski definition) is 0. The van der Waals surface area contributed by atoms with E-state index in [1.54, 1.807) is 0 Å². The Bertz CT molecular complexity index is 788. The number of benzene rings is 1. The maximum atomic E-state index is 13.0. The average molecular weight is 363 g/mol. The molecule has 0 saturated carbocycles. The van der Waals surface area contributed by atoms with Gasteiger partial charge >= 0.3 is 12.4 Å². The second-order valence-electron chi connectivity index (χ2n) is 5.21. The van der Waals surface area contributed by atoms with Gasteiger partial charge in [-0.2, -0.15) is 26.3 Å². The predicted molar refractivity (Wildman–Crippen MR) is 76.1 cm³/mol. The Morgan fingerprint density at radius 1 is 1.16 bits per heavy atom. The van der Waals surface area contributed by atoms with Crippen molar-refractivity contribution in [1.82, 2.24) is 5.16 Å². The van der Waals surface area contributed by atoms with E-state index in [-0.39, 0.29) is 11.4 Å². The fourth-order valence-electron chi connectivity index (χ4n) is 2.19. The smallest absolute Gasteiger partial charge is 0.361 e. The van der Waals surface area contributed by atoms with E-state index < -0.39 is 36.7 Å². The molecule has 0 fully saturated rings. The summed E-state index contributed by atoms with van der Waals surface area (Å²) in [5.74, 6) is 0.362. The van der Waals surface area contributed by atoms with Crippen molar-refractivity contribution < 1.29 is 30.9 Å². The van der Waals surface area contributed by atoms with Crippen LogP contribution in [-0.2, 0) is 12.7 Å². The van der Waals surface area contributed by atoms with Crippen LogP contribution in [0.1, 0.15) is 17.0 Å². The maximum Gasteiger partial charge on any atom is 0.407 e. The van der Waals surface area contributed by atoms with E-state index in [1.807, 2.05) is 0 Å². The maximum absolute atomic E-state index is 13.0.